The zero-order valence-corrected chi connectivity index (χ0v) is 16.9. The Morgan fingerprint density at radius 3 is 2.52 bits per heavy atom. The first-order valence-corrected chi connectivity index (χ1v) is 9.03. The highest BCUT2D eigenvalue weighted by molar-refractivity contribution is 9.10. The van der Waals surface area contributed by atoms with Crippen molar-refractivity contribution in [3.63, 3.8) is 0 Å². The van der Waals surface area contributed by atoms with Crippen molar-refractivity contribution in [2.75, 3.05) is 13.6 Å². The van der Waals surface area contributed by atoms with E-state index in [0.29, 0.717) is 6.54 Å². The van der Waals surface area contributed by atoms with Crippen LogP contribution in [0, 0.1) is 0 Å². The number of nitrogens with zero attached hydrogens (tertiary/aromatic N) is 2. The van der Waals surface area contributed by atoms with E-state index in [4.69, 9.17) is 0 Å². The molecule has 0 radical (unpaired) electrons. The Kier molecular flexibility index (Phi) is 6.65. The molecule has 0 saturated heterocycles. The number of hydrogen-bond donors (Lipinski definition) is 2. The standard InChI is InChI=1S/C18H23BrN4O.ClH/c1-20-16(13-10-22-23(2)11-13)17(24)21-12-18(8-3-9-18)14-4-6-15(19)7-5-14;/h4-7,10-11,16,20H,3,8-9,12H2,1-2H3,(H,21,24);1H. The minimum Gasteiger partial charge on any atom is -0.354 e. The third-order valence-electron chi connectivity index (χ3n) is 4.98. The molecule has 1 fully saturated rings. The lowest BCUT2D eigenvalue weighted by Gasteiger charge is -2.43. The van der Waals surface area contributed by atoms with Crippen LogP contribution < -0.4 is 10.6 Å². The van der Waals surface area contributed by atoms with Crippen LogP contribution in [0.2, 0.25) is 0 Å². The number of nitrogens with one attached hydrogen (secondary N) is 2. The highest BCUT2D eigenvalue weighted by atomic mass is 79.9. The Labute approximate surface area is 163 Å². The second-order valence-electron chi connectivity index (χ2n) is 6.53. The second-order valence-corrected chi connectivity index (χ2v) is 7.44. The van der Waals surface area contributed by atoms with Crippen LogP contribution in [0.3, 0.4) is 0 Å². The van der Waals surface area contributed by atoms with E-state index < -0.39 is 0 Å². The Morgan fingerprint density at radius 1 is 1.36 bits per heavy atom. The van der Waals surface area contributed by atoms with Crippen LogP contribution in [-0.2, 0) is 17.3 Å². The van der Waals surface area contributed by atoms with Crippen molar-refractivity contribution in [1.29, 1.82) is 0 Å². The predicted molar refractivity (Wildman–Crippen MR) is 105 cm³/mol. The van der Waals surface area contributed by atoms with Crippen LogP contribution in [-0.4, -0.2) is 29.3 Å². The van der Waals surface area contributed by atoms with Gasteiger partial charge in [0.15, 0.2) is 0 Å². The molecule has 2 aromatic rings. The van der Waals surface area contributed by atoms with E-state index in [-0.39, 0.29) is 29.8 Å². The summed E-state index contributed by atoms with van der Waals surface area (Å²) in [5.74, 6) is -0.00566. The summed E-state index contributed by atoms with van der Waals surface area (Å²) in [5, 5.41) is 10.4. The van der Waals surface area contributed by atoms with Crippen molar-refractivity contribution in [3.05, 3.63) is 52.3 Å². The van der Waals surface area contributed by atoms with Crippen LogP contribution >= 0.6 is 28.3 Å². The van der Waals surface area contributed by atoms with E-state index in [1.165, 1.54) is 12.0 Å². The summed E-state index contributed by atoms with van der Waals surface area (Å²) in [6.07, 6.45) is 7.05. The van der Waals surface area contributed by atoms with Gasteiger partial charge in [0.2, 0.25) is 5.91 Å². The number of carbonyl (C=O) groups is 1. The maximum atomic E-state index is 12.6. The molecular weight excluding hydrogens is 404 g/mol. The molecule has 1 unspecified atom stereocenters. The lowest BCUT2D eigenvalue weighted by molar-refractivity contribution is -0.123. The van der Waals surface area contributed by atoms with Crippen LogP contribution in [0.5, 0.6) is 0 Å². The first-order chi connectivity index (χ1) is 11.5. The topological polar surface area (TPSA) is 59.0 Å². The summed E-state index contributed by atoms with van der Waals surface area (Å²) in [7, 11) is 3.65. The van der Waals surface area contributed by atoms with Gasteiger partial charge >= 0.3 is 0 Å². The predicted octanol–water partition coefficient (Wildman–Crippen LogP) is 3.10. The highest BCUT2D eigenvalue weighted by Gasteiger charge is 2.39. The molecule has 5 nitrogen and oxygen atoms in total. The minimum absolute atomic E-state index is 0. The van der Waals surface area contributed by atoms with Gasteiger partial charge in [0.1, 0.15) is 6.04 Å². The summed E-state index contributed by atoms with van der Waals surface area (Å²) >= 11 is 3.48. The van der Waals surface area contributed by atoms with Gasteiger partial charge in [0.05, 0.1) is 6.20 Å². The molecule has 1 aliphatic carbocycles. The van der Waals surface area contributed by atoms with Crippen molar-refractivity contribution in [2.24, 2.45) is 7.05 Å². The summed E-state index contributed by atoms with van der Waals surface area (Å²) < 4.78 is 2.79. The number of aryl methyl sites for hydroxylation is 1. The van der Waals surface area contributed by atoms with Crippen molar-refractivity contribution >= 4 is 34.2 Å². The number of carbonyl (C=O) groups excluding carboxylic acids is 1. The molecule has 0 aliphatic heterocycles. The Morgan fingerprint density at radius 2 is 2.04 bits per heavy atom. The molecule has 25 heavy (non-hydrogen) atoms. The minimum atomic E-state index is -0.374. The van der Waals surface area contributed by atoms with Crippen molar-refractivity contribution in [2.45, 2.75) is 30.7 Å². The van der Waals surface area contributed by atoms with Gasteiger partial charge in [-0.05, 0) is 37.6 Å². The fourth-order valence-corrected chi connectivity index (χ4v) is 3.64. The van der Waals surface area contributed by atoms with Crippen molar-refractivity contribution < 1.29 is 4.79 Å². The van der Waals surface area contributed by atoms with Gasteiger partial charge in [-0.1, -0.05) is 34.5 Å². The fraction of sp³-hybridized carbons (Fsp3) is 0.444. The molecule has 1 aliphatic rings. The summed E-state index contributed by atoms with van der Waals surface area (Å²) in [4.78, 5) is 12.6. The van der Waals surface area contributed by atoms with Gasteiger partial charge in [0.25, 0.3) is 0 Å². The van der Waals surface area contributed by atoms with E-state index in [9.17, 15) is 4.79 Å². The highest BCUT2D eigenvalue weighted by Crippen LogP contribution is 2.43. The third-order valence-corrected chi connectivity index (χ3v) is 5.51. The maximum Gasteiger partial charge on any atom is 0.241 e. The van der Waals surface area contributed by atoms with Crippen LogP contribution in [0.15, 0.2) is 41.1 Å². The van der Waals surface area contributed by atoms with Gasteiger partial charge in [-0.2, -0.15) is 5.10 Å². The second kappa shape index (κ2) is 8.34. The first kappa shape index (κ1) is 19.9. The Balaban J connectivity index is 0.00000225. The maximum absolute atomic E-state index is 12.6. The van der Waals surface area contributed by atoms with Gasteiger partial charge < -0.3 is 10.6 Å². The monoisotopic (exact) mass is 426 g/mol. The smallest absolute Gasteiger partial charge is 0.241 e. The van der Waals surface area contributed by atoms with E-state index in [1.807, 2.05) is 13.2 Å². The average Bonchev–Trinajstić information content (AvgIpc) is 2.95. The molecule has 1 aromatic heterocycles. The normalized spacial score (nSPS) is 16.4. The molecule has 2 N–H and O–H groups in total. The third kappa shape index (κ3) is 4.25. The number of amides is 1. The molecule has 1 heterocycles. The fourth-order valence-electron chi connectivity index (χ4n) is 3.37. The lowest BCUT2D eigenvalue weighted by atomic mass is 9.64. The SMILES string of the molecule is CNC(C(=O)NCC1(c2ccc(Br)cc2)CCC1)c1cnn(C)c1.Cl. The molecule has 0 bridgehead atoms. The average molecular weight is 428 g/mol. The molecule has 3 rings (SSSR count). The van der Waals surface area contributed by atoms with Gasteiger partial charge in [-0.15, -0.1) is 12.4 Å². The summed E-state index contributed by atoms with van der Waals surface area (Å²) in [6.45, 7) is 0.673. The van der Waals surface area contributed by atoms with Crippen LogP contribution in [0.25, 0.3) is 0 Å². The first-order valence-electron chi connectivity index (χ1n) is 8.24. The van der Waals surface area contributed by atoms with Gasteiger partial charge in [-0.3, -0.25) is 9.48 Å². The van der Waals surface area contributed by atoms with E-state index >= 15 is 0 Å². The molecule has 7 heteroatoms. The molecule has 0 spiro atoms. The van der Waals surface area contributed by atoms with Gasteiger partial charge in [-0.25, -0.2) is 0 Å². The number of aromatic nitrogens is 2. The largest absolute Gasteiger partial charge is 0.354 e. The number of hydrogen-bond acceptors (Lipinski definition) is 3. The van der Waals surface area contributed by atoms with Crippen LogP contribution in [0.1, 0.15) is 36.4 Å². The van der Waals surface area contributed by atoms with E-state index in [1.54, 1.807) is 17.9 Å². The molecule has 1 saturated carbocycles. The summed E-state index contributed by atoms with van der Waals surface area (Å²) in [5.41, 5.74) is 2.26. The lowest BCUT2D eigenvalue weighted by Crippen LogP contribution is -2.47. The van der Waals surface area contributed by atoms with Crippen LogP contribution in [0.4, 0.5) is 0 Å². The quantitative estimate of drug-likeness (QED) is 0.745. The van der Waals surface area contributed by atoms with E-state index in [0.717, 1.165) is 22.9 Å². The van der Waals surface area contributed by atoms with Crippen molar-refractivity contribution in [3.8, 4) is 0 Å². The number of likely N-dealkylation sites (N-methyl/N-ethyl adjacent to an activating group) is 1. The molecular formula is C18H24BrClN4O. The Bertz CT molecular complexity index is 712. The molecule has 136 valence electrons. The zero-order chi connectivity index (χ0) is 17.2. The zero-order valence-electron chi connectivity index (χ0n) is 14.5. The van der Waals surface area contributed by atoms with Crippen molar-refractivity contribution in [1.82, 2.24) is 20.4 Å². The van der Waals surface area contributed by atoms with Gasteiger partial charge in [0, 0.05) is 35.2 Å². The number of halogens is 2. The molecule has 1 amide bonds. The number of rotatable bonds is 6. The molecule has 1 atom stereocenters. The summed E-state index contributed by atoms with van der Waals surface area (Å²) in [6, 6.07) is 8.09. The van der Waals surface area contributed by atoms with E-state index in [2.05, 4.69) is 55.9 Å². The Hall–Kier alpha value is -1.37. The molecule has 1 aromatic carbocycles. The number of benzene rings is 1.